The van der Waals surface area contributed by atoms with Crippen LogP contribution in [0, 0.1) is 5.41 Å². The fourth-order valence-corrected chi connectivity index (χ4v) is 3.94. The van der Waals surface area contributed by atoms with Crippen molar-refractivity contribution in [1.82, 2.24) is 15.0 Å². The molecule has 1 aromatic rings. The number of rotatable bonds is 14. The van der Waals surface area contributed by atoms with Crippen molar-refractivity contribution >= 4 is 17.8 Å². The monoisotopic (exact) mass is 438 g/mol. The number of hydrogen-bond donors (Lipinski definition) is 4. The predicted octanol–water partition coefficient (Wildman–Crippen LogP) is 4.06. The number of anilines is 3. The highest BCUT2D eigenvalue weighted by Crippen LogP contribution is 2.29. The zero-order valence-corrected chi connectivity index (χ0v) is 21.0. The van der Waals surface area contributed by atoms with Crippen LogP contribution in [-0.4, -0.2) is 62.5 Å². The summed E-state index contributed by atoms with van der Waals surface area (Å²) in [4.78, 5) is 15.7. The maximum atomic E-state index is 9.95. The van der Waals surface area contributed by atoms with Crippen LogP contribution in [0.25, 0.3) is 0 Å². The molecule has 1 aromatic heterocycles. The van der Waals surface area contributed by atoms with Crippen LogP contribution >= 0.6 is 0 Å². The van der Waals surface area contributed by atoms with Gasteiger partial charge >= 0.3 is 0 Å². The molecule has 8 heteroatoms. The van der Waals surface area contributed by atoms with Crippen molar-refractivity contribution in [3.05, 3.63) is 0 Å². The Kier molecular flexibility index (Phi) is 10.9. The van der Waals surface area contributed by atoms with Gasteiger partial charge in [0.2, 0.25) is 17.8 Å². The van der Waals surface area contributed by atoms with Crippen LogP contribution in [0.4, 0.5) is 17.8 Å². The lowest BCUT2D eigenvalue weighted by Crippen LogP contribution is -2.39. The van der Waals surface area contributed by atoms with E-state index in [4.69, 9.17) is 0 Å². The molecule has 0 fully saturated rings. The van der Waals surface area contributed by atoms with Gasteiger partial charge in [-0.25, -0.2) is 0 Å². The average Bonchev–Trinajstić information content (AvgIpc) is 2.57. The molecule has 0 spiro atoms. The van der Waals surface area contributed by atoms with Gasteiger partial charge in [0.05, 0.1) is 12.2 Å². The number of hydrogen-bond acceptors (Lipinski definition) is 8. The molecule has 1 heterocycles. The first-order valence-corrected chi connectivity index (χ1v) is 11.7. The molecule has 0 aromatic carbocycles. The van der Waals surface area contributed by atoms with Crippen molar-refractivity contribution in [2.75, 3.05) is 35.2 Å². The molecule has 2 unspecified atom stereocenters. The average molecular weight is 439 g/mol. The zero-order valence-electron chi connectivity index (χ0n) is 21.0. The first kappa shape index (κ1) is 27.4. The molecule has 0 amide bonds. The number of aliphatic hydroxyl groups is 2. The maximum Gasteiger partial charge on any atom is 0.232 e. The summed E-state index contributed by atoms with van der Waals surface area (Å²) in [5.41, 5.74) is -0.0635. The fraction of sp³-hybridized carbons (Fsp3) is 0.870. The Morgan fingerprint density at radius 1 is 0.871 bits per heavy atom. The summed E-state index contributed by atoms with van der Waals surface area (Å²) in [6, 6.07) is 0. The molecular formula is C23H46N6O2. The van der Waals surface area contributed by atoms with Gasteiger partial charge in [-0.1, -0.05) is 47.0 Å². The summed E-state index contributed by atoms with van der Waals surface area (Å²) in [6.45, 7) is 18.0. The Bertz CT molecular complexity index is 633. The third kappa shape index (κ3) is 12.1. The molecule has 0 aliphatic carbocycles. The van der Waals surface area contributed by atoms with Crippen LogP contribution < -0.4 is 15.5 Å². The third-order valence-corrected chi connectivity index (χ3v) is 4.61. The van der Waals surface area contributed by atoms with Gasteiger partial charge in [0.25, 0.3) is 0 Å². The van der Waals surface area contributed by atoms with Crippen molar-refractivity contribution < 1.29 is 10.2 Å². The van der Waals surface area contributed by atoms with E-state index in [0.717, 1.165) is 19.4 Å². The molecule has 0 radical (unpaired) electrons. The topological polar surface area (TPSA) is 106 Å². The van der Waals surface area contributed by atoms with E-state index >= 15 is 0 Å². The smallest absolute Gasteiger partial charge is 0.232 e. The number of unbranched alkanes of at least 4 members (excludes halogenated alkanes) is 3. The van der Waals surface area contributed by atoms with Gasteiger partial charge in [-0.3, -0.25) is 0 Å². The highest BCUT2D eigenvalue weighted by molar-refractivity contribution is 5.45. The lowest BCUT2D eigenvalue weighted by atomic mass is 9.82. The van der Waals surface area contributed by atoms with Crippen LogP contribution in [0.5, 0.6) is 0 Å². The first-order valence-electron chi connectivity index (χ1n) is 11.7. The summed E-state index contributed by atoms with van der Waals surface area (Å²) >= 11 is 0. The number of aromatic nitrogens is 3. The van der Waals surface area contributed by atoms with E-state index in [0.29, 0.717) is 30.9 Å². The van der Waals surface area contributed by atoms with E-state index in [1.807, 2.05) is 0 Å². The van der Waals surface area contributed by atoms with Crippen LogP contribution in [0.1, 0.15) is 87.5 Å². The molecular weight excluding hydrogens is 392 g/mol. The van der Waals surface area contributed by atoms with Gasteiger partial charge in [-0.2, -0.15) is 15.0 Å². The van der Waals surface area contributed by atoms with Crippen LogP contribution in [0.2, 0.25) is 0 Å². The fourth-order valence-electron chi connectivity index (χ4n) is 3.94. The third-order valence-electron chi connectivity index (χ3n) is 4.61. The standard InChI is InChI=1S/C23H46N6O2/c1-9-10-11-12-13-24-19-25-20(28-23(7,8)16-22(4,5)6)27-21(26-19)29(14-17(2)30)15-18(3)31/h17-18,30-31H,9-16H2,1-8H3,(H2,24,25,26,27,28). The van der Waals surface area contributed by atoms with E-state index < -0.39 is 12.2 Å². The number of nitrogens with zero attached hydrogens (tertiary/aromatic N) is 4. The highest BCUT2D eigenvalue weighted by atomic mass is 16.3. The van der Waals surface area contributed by atoms with E-state index in [-0.39, 0.29) is 11.0 Å². The van der Waals surface area contributed by atoms with Crippen LogP contribution in [0.15, 0.2) is 0 Å². The summed E-state index contributed by atoms with van der Waals surface area (Å²) < 4.78 is 0. The minimum Gasteiger partial charge on any atom is -0.392 e. The molecule has 8 nitrogen and oxygen atoms in total. The minimum atomic E-state index is -0.574. The Labute approximate surface area is 189 Å². The van der Waals surface area contributed by atoms with Crippen LogP contribution in [0.3, 0.4) is 0 Å². The minimum absolute atomic E-state index is 0.150. The molecule has 4 N–H and O–H groups in total. The predicted molar refractivity (Wildman–Crippen MR) is 130 cm³/mol. The number of nitrogens with one attached hydrogen (secondary N) is 2. The van der Waals surface area contributed by atoms with Gasteiger partial charge in [0, 0.05) is 25.2 Å². The van der Waals surface area contributed by atoms with Gasteiger partial charge in [-0.05, 0) is 46.0 Å². The molecule has 2 atom stereocenters. The van der Waals surface area contributed by atoms with Crippen molar-refractivity contribution in [2.24, 2.45) is 5.41 Å². The molecule has 0 saturated carbocycles. The summed E-state index contributed by atoms with van der Waals surface area (Å²) in [5, 5.41) is 26.7. The summed E-state index contributed by atoms with van der Waals surface area (Å²) in [6.07, 6.45) is 4.42. The second kappa shape index (κ2) is 12.4. The maximum absolute atomic E-state index is 9.95. The second-order valence-electron chi connectivity index (χ2n) is 10.6. The molecule has 180 valence electrons. The van der Waals surface area contributed by atoms with Gasteiger partial charge in [0.15, 0.2) is 0 Å². The Balaban J connectivity index is 3.16. The highest BCUT2D eigenvalue weighted by Gasteiger charge is 2.27. The van der Waals surface area contributed by atoms with Gasteiger partial charge in [-0.15, -0.1) is 0 Å². The lowest BCUT2D eigenvalue weighted by molar-refractivity contribution is 0.177. The summed E-state index contributed by atoms with van der Waals surface area (Å²) in [5.74, 6) is 1.45. The van der Waals surface area contributed by atoms with Gasteiger partial charge in [0.1, 0.15) is 0 Å². The van der Waals surface area contributed by atoms with E-state index in [2.05, 4.69) is 67.1 Å². The Morgan fingerprint density at radius 3 is 1.97 bits per heavy atom. The van der Waals surface area contributed by atoms with Gasteiger partial charge < -0.3 is 25.7 Å². The Morgan fingerprint density at radius 2 is 1.45 bits per heavy atom. The molecule has 0 bridgehead atoms. The van der Waals surface area contributed by atoms with Crippen LogP contribution in [-0.2, 0) is 0 Å². The molecule has 0 aliphatic rings. The van der Waals surface area contributed by atoms with E-state index in [9.17, 15) is 10.2 Å². The van der Waals surface area contributed by atoms with Crippen molar-refractivity contribution in [3.63, 3.8) is 0 Å². The van der Waals surface area contributed by atoms with Crippen molar-refractivity contribution in [1.29, 1.82) is 0 Å². The lowest BCUT2D eigenvalue weighted by Gasteiger charge is -2.33. The Hall–Kier alpha value is -1.67. The SMILES string of the molecule is CCCCCCNc1nc(NC(C)(C)CC(C)(C)C)nc(N(CC(C)O)CC(C)O)n1. The van der Waals surface area contributed by atoms with Crippen molar-refractivity contribution in [3.8, 4) is 0 Å². The molecule has 0 aliphatic heterocycles. The largest absolute Gasteiger partial charge is 0.392 e. The van der Waals surface area contributed by atoms with Crippen molar-refractivity contribution in [2.45, 2.75) is 105 Å². The normalized spacial score (nSPS) is 14.3. The zero-order chi connectivity index (χ0) is 23.7. The first-order chi connectivity index (χ1) is 14.3. The molecule has 0 saturated heterocycles. The summed E-state index contributed by atoms with van der Waals surface area (Å²) in [7, 11) is 0. The molecule has 31 heavy (non-hydrogen) atoms. The quantitative estimate of drug-likeness (QED) is 0.322. The van der Waals surface area contributed by atoms with E-state index in [1.165, 1.54) is 19.3 Å². The van der Waals surface area contributed by atoms with E-state index in [1.54, 1.807) is 18.7 Å². The second-order valence-corrected chi connectivity index (χ2v) is 10.6. The number of aliphatic hydroxyl groups excluding tert-OH is 2. The molecule has 1 rings (SSSR count).